The van der Waals surface area contributed by atoms with Crippen LogP contribution in [-0.4, -0.2) is 52.5 Å². The van der Waals surface area contributed by atoms with Crippen LogP contribution in [0.1, 0.15) is 36.1 Å². The molecule has 0 amide bonds. The van der Waals surface area contributed by atoms with Gasteiger partial charge in [0.05, 0.1) is 24.6 Å². The van der Waals surface area contributed by atoms with Gasteiger partial charge in [0.25, 0.3) is 0 Å². The maximum Gasteiger partial charge on any atom is 0.247 e. The van der Waals surface area contributed by atoms with E-state index in [-0.39, 0.29) is 23.9 Å². The fraction of sp³-hybridized carbons (Fsp3) is 0.643. The van der Waals surface area contributed by atoms with Crippen LogP contribution < -0.4 is 0 Å². The molecule has 3 rings (SSSR count). The Bertz CT molecular complexity index is 841. The minimum Gasteiger partial charge on any atom is -0.424 e. The van der Waals surface area contributed by atoms with E-state index < -0.39 is 16.1 Å². The van der Waals surface area contributed by atoms with Gasteiger partial charge in [0.1, 0.15) is 10.9 Å². The van der Waals surface area contributed by atoms with Gasteiger partial charge < -0.3 is 9.15 Å². The van der Waals surface area contributed by atoms with Gasteiger partial charge in [-0.3, -0.25) is 4.68 Å². The molecule has 1 saturated heterocycles. The van der Waals surface area contributed by atoms with Crippen LogP contribution in [-0.2, 0) is 21.3 Å². The van der Waals surface area contributed by atoms with Gasteiger partial charge in [-0.2, -0.15) is 9.40 Å². The summed E-state index contributed by atoms with van der Waals surface area (Å²) in [6.07, 6.45) is 0. The summed E-state index contributed by atoms with van der Waals surface area (Å²) in [6, 6.07) is -0.631. The number of sulfonamides is 1. The minimum absolute atomic E-state index is 0.181. The highest BCUT2D eigenvalue weighted by Gasteiger charge is 2.40. The Kier molecular flexibility index (Phi) is 4.45. The molecule has 3 heterocycles. The number of aromatic nitrogens is 4. The zero-order chi connectivity index (χ0) is 17.5. The van der Waals surface area contributed by atoms with Crippen molar-refractivity contribution in [3.8, 4) is 0 Å². The summed E-state index contributed by atoms with van der Waals surface area (Å²) < 4.78 is 40.5. The van der Waals surface area contributed by atoms with Crippen molar-refractivity contribution < 1.29 is 17.6 Å². The van der Waals surface area contributed by atoms with Gasteiger partial charge in [-0.1, -0.05) is 0 Å². The SMILES string of the molecule is CCn1nc(C)c(S(=O)(=O)N2CCOCC2c2nnc(C)o2)c1C. The third-order valence-corrected chi connectivity index (χ3v) is 6.25. The lowest BCUT2D eigenvalue weighted by atomic mass is 10.3. The average molecular weight is 355 g/mol. The second-order valence-electron chi connectivity index (χ2n) is 5.68. The van der Waals surface area contributed by atoms with Gasteiger partial charge in [-0.15, -0.1) is 10.2 Å². The maximum absolute atomic E-state index is 13.3. The van der Waals surface area contributed by atoms with Gasteiger partial charge in [0.15, 0.2) is 0 Å². The molecule has 1 aliphatic rings. The highest BCUT2D eigenvalue weighted by atomic mass is 32.2. The molecular formula is C14H21N5O4S. The number of ether oxygens (including phenoxy) is 1. The van der Waals surface area contributed by atoms with Crippen LogP contribution in [0.5, 0.6) is 0 Å². The number of nitrogens with zero attached hydrogens (tertiary/aromatic N) is 5. The van der Waals surface area contributed by atoms with Gasteiger partial charge in [-0.05, 0) is 20.8 Å². The molecule has 1 fully saturated rings. The summed E-state index contributed by atoms with van der Waals surface area (Å²) in [5.74, 6) is 0.632. The van der Waals surface area contributed by atoms with Crippen LogP contribution in [0.15, 0.2) is 9.31 Å². The first-order valence-electron chi connectivity index (χ1n) is 7.79. The summed E-state index contributed by atoms with van der Waals surface area (Å²) in [5, 5.41) is 12.1. The molecule has 1 unspecified atom stereocenters. The molecule has 2 aromatic rings. The topological polar surface area (TPSA) is 103 Å². The molecule has 1 atom stereocenters. The Morgan fingerprint density at radius 1 is 1.25 bits per heavy atom. The lowest BCUT2D eigenvalue weighted by Crippen LogP contribution is -2.43. The smallest absolute Gasteiger partial charge is 0.247 e. The van der Waals surface area contributed by atoms with E-state index in [1.807, 2.05) is 6.92 Å². The molecule has 0 radical (unpaired) electrons. The van der Waals surface area contributed by atoms with Crippen molar-refractivity contribution in [3.63, 3.8) is 0 Å². The van der Waals surface area contributed by atoms with Gasteiger partial charge >= 0.3 is 0 Å². The third-order valence-electron chi connectivity index (χ3n) is 4.09. The predicted molar refractivity (Wildman–Crippen MR) is 83.9 cm³/mol. The molecule has 24 heavy (non-hydrogen) atoms. The van der Waals surface area contributed by atoms with Crippen LogP contribution in [0.2, 0.25) is 0 Å². The van der Waals surface area contributed by atoms with E-state index in [0.717, 1.165) is 0 Å². The molecule has 0 bridgehead atoms. The second kappa shape index (κ2) is 6.26. The van der Waals surface area contributed by atoms with E-state index in [4.69, 9.17) is 9.15 Å². The number of rotatable bonds is 4. The highest BCUT2D eigenvalue weighted by molar-refractivity contribution is 7.89. The molecule has 0 aliphatic carbocycles. The second-order valence-corrected chi connectivity index (χ2v) is 7.51. The first-order valence-corrected chi connectivity index (χ1v) is 9.23. The van der Waals surface area contributed by atoms with Crippen LogP contribution in [0, 0.1) is 20.8 Å². The normalized spacial score (nSPS) is 19.8. The van der Waals surface area contributed by atoms with E-state index in [2.05, 4.69) is 15.3 Å². The molecule has 2 aromatic heterocycles. The lowest BCUT2D eigenvalue weighted by Gasteiger charge is -2.32. The molecule has 1 aliphatic heterocycles. The summed E-state index contributed by atoms with van der Waals surface area (Å²) in [7, 11) is -3.76. The summed E-state index contributed by atoms with van der Waals surface area (Å²) in [6.45, 7) is 8.40. The quantitative estimate of drug-likeness (QED) is 0.805. The maximum atomic E-state index is 13.3. The number of hydrogen-bond donors (Lipinski definition) is 0. The van der Waals surface area contributed by atoms with Gasteiger partial charge in [0.2, 0.25) is 21.8 Å². The Balaban J connectivity index is 2.05. The van der Waals surface area contributed by atoms with Crippen molar-refractivity contribution >= 4 is 10.0 Å². The number of hydrogen-bond acceptors (Lipinski definition) is 7. The van der Waals surface area contributed by atoms with Gasteiger partial charge in [0, 0.05) is 20.0 Å². The number of morpholine rings is 1. The van der Waals surface area contributed by atoms with E-state index in [9.17, 15) is 8.42 Å². The van der Waals surface area contributed by atoms with E-state index >= 15 is 0 Å². The van der Waals surface area contributed by atoms with Crippen LogP contribution in [0.4, 0.5) is 0 Å². The van der Waals surface area contributed by atoms with Crippen molar-refractivity contribution in [2.45, 2.75) is 45.2 Å². The zero-order valence-corrected chi connectivity index (χ0v) is 15.0. The molecule has 0 spiro atoms. The molecule has 0 saturated carbocycles. The lowest BCUT2D eigenvalue weighted by molar-refractivity contribution is 0.0221. The molecule has 0 aromatic carbocycles. The molecular weight excluding hydrogens is 334 g/mol. The Morgan fingerprint density at radius 2 is 2.00 bits per heavy atom. The van der Waals surface area contributed by atoms with E-state index in [0.29, 0.717) is 30.4 Å². The van der Waals surface area contributed by atoms with Crippen LogP contribution in [0.25, 0.3) is 0 Å². The van der Waals surface area contributed by atoms with Crippen molar-refractivity contribution in [2.75, 3.05) is 19.8 Å². The fourth-order valence-corrected chi connectivity index (χ4v) is 4.92. The fourth-order valence-electron chi connectivity index (χ4n) is 3.00. The standard InChI is InChI=1S/C14H21N5O4S/c1-5-18-10(3)13(9(2)17-18)24(20,21)19-6-7-22-8-12(19)14-16-15-11(4)23-14/h12H,5-8H2,1-4H3. The molecule has 10 heteroatoms. The molecule has 0 N–H and O–H groups in total. The largest absolute Gasteiger partial charge is 0.424 e. The third kappa shape index (κ3) is 2.74. The Hall–Kier alpha value is -1.78. The first-order chi connectivity index (χ1) is 11.4. The summed E-state index contributed by atoms with van der Waals surface area (Å²) in [4.78, 5) is 0.243. The van der Waals surface area contributed by atoms with Gasteiger partial charge in [-0.25, -0.2) is 8.42 Å². The van der Waals surface area contributed by atoms with E-state index in [1.165, 1.54) is 4.31 Å². The monoisotopic (exact) mass is 355 g/mol. The zero-order valence-electron chi connectivity index (χ0n) is 14.2. The average Bonchev–Trinajstić information content (AvgIpc) is 3.10. The van der Waals surface area contributed by atoms with E-state index in [1.54, 1.807) is 25.5 Å². The summed E-state index contributed by atoms with van der Waals surface area (Å²) >= 11 is 0. The Morgan fingerprint density at radius 3 is 2.58 bits per heavy atom. The number of aryl methyl sites for hydroxylation is 3. The van der Waals surface area contributed by atoms with Crippen LogP contribution in [0.3, 0.4) is 0 Å². The van der Waals surface area contributed by atoms with Crippen molar-refractivity contribution in [1.82, 2.24) is 24.3 Å². The van der Waals surface area contributed by atoms with Crippen molar-refractivity contribution in [3.05, 3.63) is 23.2 Å². The predicted octanol–water partition coefficient (Wildman–Crippen LogP) is 0.973. The summed E-state index contributed by atoms with van der Waals surface area (Å²) in [5.41, 5.74) is 1.11. The Labute approximate surface area is 140 Å². The molecule has 132 valence electrons. The molecule has 9 nitrogen and oxygen atoms in total. The van der Waals surface area contributed by atoms with Crippen LogP contribution >= 0.6 is 0 Å². The highest BCUT2D eigenvalue weighted by Crippen LogP contribution is 2.32. The minimum atomic E-state index is -3.76. The first kappa shape index (κ1) is 17.1. The van der Waals surface area contributed by atoms with Crippen molar-refractivity contribution in [2.24, 2.45) is 0 Å². The van der Waals surface area contributed by atoms with Crippen molar-refractivity contribution in [1.29, 1.82) is 0 Å².